The Hall–Kier alpha value is -1.99. The van der Waals surface area contributed by atoms with Crippen molar-refractivity contribution in [1.82, 2.24) is 0 Å². The topological polar surface area (TPSA) is 0 Å². The smallest absolute Gasteiger partial charge is 0.00752 e. The standard InChI is InChI=1S/C22H22S/c1-15-8-10-18(12-17(15)3)19-11-9-16(2)22(14-19)20-6-5-7-21(13-20)23-4/h5-14H,1-4H3. The third kappa shape index (κ3) is 3.35. The van der Waals surface area contributed by atoms with Gasteiger partial charge in [-0.2, -0.15) is 0 Å². The Morgan fingerprint density at radius 3 is 2.00 bits per heavy atom. The fraction of sp³-hybridized carbons (Fsp3) is 0.182. The molecule has 0 N–H and O–H groups in total. The zero-order valence-corrected chi connectivity index (χ0v) is 15.0. The Balaban J connectivity index is 2.10. The molecule has 0 saturated heterocycles. The average Bonchev–Trinajstić information content (AvgIpc) is 2.58. The van der Waals surface area contributed by atoms with Crippen LogP contribution in [0.5, 0.6) is 0 Å². The summed E-state index contributed by atoms with van der Waals surface area (Å²) in [5.41, 5.74) is 9.17. The molecule has 0 radical (unpaired) electrons. The first-order chi connectivity index (χ1) is 11.1. The Labute approximate surface area is 143 Å². The fourth-order valence-electron chi connectivity index (χ4n) is 2.82. The van der Waals surface area contributed by atoms with Crippen LogP contribution in [0.1, 0.15) is 16.7 Å². The van der Waals surface area contributed by atoms with E-state index in [2.05, 4.69) is 87.7 Å². The molecular formula is C22H22S. The summed E-state index contributed by atoms with van der Waals surface area (Å²) < 4.78 is 0. The minimum Gasteiger partial charge on any atom is -0.130 e. The van der Waals surface area contributed by atoms with E-state index in [1.807, 2.05) is 0 Å². The molecule has 0 amide bonds. The lowest BCUT2D eigenvalue weighted by molar-refractivity contribution is 1.34. The van der Waals surface area contributed by atoms with Gasteiger partial charge in [0.15, 0.2) is 0 Å². The van der Waals surface area contributed by atoms with Crippen molar-refractivity contribution in [3.05, 3.63) is 77.4 Å². The number of rotatable bonds is 3. The Kier molecular flexibility index (Phi) is 4.58. The highest BCUT2D eigenvalue weighted by Crippen LogP contribution is 2.31. The molecule has 3 aromatic carbocycles. The summed E-state index contributed by atoms with van der Waals surface area (Å²) in [5.74, 6) is 0. The van der Waals surface area contributed by atoms with E-state index in [9.17, 15) is 0 Å². The van der Waals surface area contributed by atoms with Crippen LogP contribution in [-0.4, -0.2) is 6.26 Å². The van der Waals surface area contributed by atoms with Crippen LogP contribution in [0.4, 0.5) is 0 Å². The molecule has 0 aliphatic carbocycles. The third-order valence-corrected chi connectivity index (χ3v) is 5.18. The first-order valence-corrected chi connectivity index (χ1v) is 9.13. The summed E-state index contributed by atoms with van der Waals surface area (Å²) >= 11 is 1.79. The summed E-state index contributed by atoms with van der Waals surface area (Å²) in [4.78, 5) is 1.30. The fourth-order valence-corrected chi connectivity index (χ4v) is 3.28. The van der Waals surface area contributed by atoms with Crippen molar-refractivity contribution in [1.29, 1.82) is 0 Å². The van der Waals surface area contributed by atoms with E-state index >= 15 is 0 Å². The molecule has 1 heteroatoms. The van der Waals surface area contributed by atoms with Gasteiger partial charge in [0.2, 0.25) is 0 Å². The van der Waals surface area contributed by atoms with Crippen molar-refractivity contribution >= 4 is 11.8 Å². The van der Waals surface area contributed by atoms with E-state index in [-0.39, 0.29) is 0 Å². The molecule has 23 heavy (non-hydrogen) atoms. The average molecular weight is 318 g/mol. The summed E-state index contributed by atoms with van der Waals surface area (Å²) in [7, 11) is 0. The summed E-state index contributed by atoms with van der Waals surface area (Å²) in [6.45, 7) is 6.52. The van der Waals surface area contributed by atoms with Crippen molar-refractivity contribution in [3.63, 3.8) is 0 Å². The maximum atomic E-state index is 2.32. The van der Waals surface area contributed by atoms with Gasteiger partial charge in [0.05, 0.1) is 0 Å². The number of thioether (sulfide) groups is 1. The second-order valence-electron chi connectivity index (χ2n) is 6.06. The lowest BCUT2D eigenvalue weighted by atomic mass is 9.94. The Bertz CT molecular complexity index is 846. The monoisotopic (exact) mass is 318 g/mol. The Morgan fingerprint density at radius 2 is 1.30 bits per heavy atom. The van der Waals surface area contributed by atoms with Crippen molar-refractivity contribution in [2.24, 2.45) is 0 Å². The van der Waals surface area contributed by atoms with Crippen LogP contribution in [0.25, 0.3) is 22.3 Å². The van der Waals surface area contributed by atoms with Crippen LogP contribution in [0.15, 0.2) is 65.6 Å². The highest BCUT2D eigenvalue weighted by atomic mass is 32.2. The second kappa shape index (κ2) is 6.64. The van der Waals surface area contributed by atoms with Gasteiger partial charge in [0, 0.05) is 4.90 Å². The van der Waals surface area contributed by atoms with E-state index in [0.29, 0.717) is 0 Å². The SMILES string of the molecule is CSc1cccc(-c2cc(-c3ccc(C)c(C)c3)ccc2C)c1. The predicted octanol–water partition coefficient (Wildman–Crippen LogP) is 6.67. The molecule has 0 heterocycles. The summed E-state index contributed by atoms with van der Waals surface area (Å²) in [6.07, 6.45) is 2.12. The van der Waals surface area contributed by atoms with Gasteiger partial charge in [-0.15, -0.1) is 11.8 Å². The summed E-state index contributed by atoms with van der Waals surface area (Å²) in [5, 5.41) is 0. The molecule has 0 unspecified atom stereocenters. The van der Waals surface area contributed by atoms with E-state index in [1.54, 1.807) is 11.8 Å². The summed E-state index contributed by atoms with van der Waals surface area (Å²) in [6, 6.07) is 22.3. The van der Waals surface area contributed by atoms with Crippen molar-refractivity contribution in [2.45, 2.75) is 25.7 Å². The van der Waals surface area contributed by atoms with Gasteiger partial charge in [-0.25, -0.2) is 0 Å². The molecule has 0 fully saturated rings. The first kappa shape index (κ1) is 15.9. The zero-order valence-electron chi connectivity index (χ0n) is 14.2. The first-order valence-electron chi connectivity index (χ1n) is 7.91. The van der Waals surface area contributed by atoms with Gasteiger partial charge >= 0.3 is 0 Å². The number of aryl methyl sites for hydroxylation is 3. The maximum absolute atomic E-state index is 2.32. The van der Waals surface area contributed by atoms with E-state index in [0.717, 1.165) is 0 Å². The van der Waals surface area contributed by atoms with Crippen LogP contribution in [0.3, 0.4) is 0 Å². The number of hydrogen-bond donors (Lipinski definition) is 0. The Morgan fingerprint density at radius 1 is 0.609 bits per heavy atom. The van der Waals surface area contributed by atoms with Gasteiger partial charge < -0.3 is 0 Å². The van der Waals surface area contributed by atoms with Crippen molar-refractivity contribution in [2.75, 3.05) is 6.26 Å². The molecule has 0 spiro atoms. The molecular weight excluding hydrogens is 296 g/mol. The van der Waals surface area contributed by atoms with Gasteiger partial charge in [-0.3, -0.25) is 0 Å². The van der Waals surface area contributed by atoms with E-state index in [4.69, 9.17) is 0 Å². The molecule has 3 rings (SSSR count). The van der Waals surface area contributed by atoms with Gasteiger partial charge in [0.1, 0.15) is 0 Å². The molecule has 0 aliphatic rings. The molecule has 0 atom stereocenters. The lowest BCUT2D eigenvalue weighted by Crippen LogP contribution is -1.88. The van der Waals surface area contributed by atoms with Crippen molar-refractivity contribution in [3.8, 4) is 22.3 Å². The quantitative estimate of drug-likeness (QED) is 0.486. The largest absolute Gasteiger partial charge is 0.130 e. The van der Waals surface area contributed by atoms with Gasteiger partial charge in [-0.05, 0) is 84.2 Å². The van der Waals surface area contributed by atoms with E-state index < -0.39 is 0 Å². The molecule has 0 aliphatic heterocycles. The van der Waals surface area contributed by atoms with Crippen LogP contribution >= 0.6 is 11.8 Å². The van der Waals surface area contributed by atoms with Gasteiger partial charge in [-0.1, -0.05) is 42.5 Å². The minimum atomic E-state index is 1.28. The van der Waals surface area contributed by atoms with Crippen molar-refractivity contribution < 1.29 is 0 Å². The van der Waals surface area contributed by atoms with Crippen LogP contribution in [0.2, 0.25) is 0 Å². The minimum absolute atomic E-state index is 1.28. The van der Waals surface area contributed by atoms with E-state index in [1.165, 1.54) is 43.8 Å². The van der Waals surface area contributed by atoms with Gasteiger partial charge in [0.25, 0.3) is 0 Å². The second-order valence-corrected chi connectivity index (χ2v) is 6.94. The number of benzene rings is 3. The third-order valence-electron chi connectivity index (χ3n) is 4.46. The highest BCUT2D eigenvalue weighted by Gasteiger charge is 2.07. The normalized spacial score (nSPS) is 10.8. The maximum Gasteiger partial charge on any atom is 0.00752 e. The molecule has 116 valence electrons. The molecule has 0 nitrogen and oxygen atoms in total. The molecule has 0 aromatic heterocycles. The molecule has 3 aromatic rings. The van der Waals surface area contributed by atoms with Crippen LogP contribution in [0, 0.1) is 20.8 Å². The molecule has 0 bridgehead atoms. The predicted molar refractivity (Wildman–Crippen MR) is 103 cm³/mol. The number of hydrogen-bond acceptors (Lipinski definition) is 1. The van der Waals surface area contributed by atoms with Crippen LogP contribution < -0.4 is 0 Å². The lowest BCUT2D eigenvalue weighted by Gasteiger charge is -2.12. The highest BCUT2D eigenvalue weighted by molar-refractivity contribution is 7.98. The van der Waals surface area contributed by atoms with Crippen LogP contribution in [-0.2, 0) is 0 Å². The zero-order chi connectivity index (χ0) is 16.4. The molecule has 0 saturated carbocycles.